The van der Waals surface area contributed by atoms with E-state index in [1.807, 2.05) is 284 Å². The molecule has 0 atom stereocenters. The van der Waals surface area contributed by atoms with Crippen LogP contribution in [-0.4, -0.2) is 33.7 Å². The van der Waals surface area contributed by atoms with Crippen LogP contribution in [-0.2, 0) is 28.2 Å². The van der Waals surface area contributed by atoms with E-state index in [9.17, 15) is 0 Å². The summed E-state index contributed by atoms with van der Waals surface area (Å²) in [5.74, 6) is 0. The second kappa shape index (κ2) is 48.1. The quantitative estimate of drug-likeness (QED) is 0.176. The summed E-state index contributed by atoms with van der Waals surface area (Å²) in [6.07, 6.45) is 23.3. The summed E-state index contributed by atoms with van der Waals surface area (Å²) >= 11 is 1.87. The minimum Gasteiger partial charge on any atom is -0.456 e. The van der Waals surface area contributed by atoms with Gasteiger partial charge in [0.05, 0.1) is 36.7 Å². The second-order valence-corrected chi connectivity index (χ2v) is 17.3. The van der Waals surface area contributed by atoms with E-state index in [1.165, 1.54) is 59.0 Å². The zero-order valence-electron chi connectivity index (χ0n) is 59.2. The van der Waals surface area contributed by atoms with Gasteiger partial charge in [0.1, 0.15) is 40.2 Å². The molecule has 12 aromatic rings. The molecule has 14 heteroatoms. The summed E-state index contributed by atoms with van der Waals surface area (Å²) in [6.45, 7) is 48.3. The number of aromatic nitrogens is 11. The summed E-state index contributed by atoms with van der Waals surface area (Å²) in [5, 5.41) is 5.08. The average molecular weight is 1210 g/mol. The number of pyridine rings is 1. The number of furan rings is 1. The Kier molecular flexibility index (Phi) is 46.0. The molecule has 476 valence electrons. The normalized spacial score (nSPS) is 9.06. The van der Waals surface area contributed by atoms with Gasteiger partial charge in [-0.3, -0.25) is 4.98 Å². The standard InChI is InChI=1S/C17H15N2O.C17H15N2S.C10H12N3.C9H11N4.10C2H6.H3N/c2*1-12-10-14-13-6-3-4-7-16(13)20-17(14)11-15(12)19-9-5-8-18(19)2;1-9-8-11-5-4-10(9)13-7-3-6-12(13)2;1-8-9(6-10-7-11-8)13-5-3-4-12(13)2;10*1-2;/h2*3-11H,1-2H3;3-8H,1-2H3;3-7H,1-2H3;10*1-2H3;1H3/q4*+1;;;;;;;;;;;. The molecule has 0 aliphatic heterocycles. The van der Waals surface area contributed by atoms with Crippen LogP contribution in [0, 0.1) is 27.7 Å². The molecule has 0 spiro atoms. The topological polar surface area (TPSA) is 122 Å². The Hall–Kier alpha value is -8.07. The number of para-hydroxylation sites is 1. The third-order valence-electron chi connectivity index (χ3n) is 11.7. The third kappa shape index (κ3) is 22.9. The van der Waals surface area contributed by atoms with E-state index < -0.39 is 0 Å². The van der Waals surface area contributed by atoms with Crippen molar-refractivity contribution >= 4 is 53.4 Å². The predicted molar refractivity (Wildman–Crippen MR) is 379 cm³/mol. The molecule has 13 nitrogen and oxygen atoms in total. The summed E-state index contributed by atoms with van der Waals surface area (Å²) < 4.78 is 25.2. The molecule has 87 heavy (non-hydrogen) atoms. The van der Waals surface area contributed by atoms with Crippen LogP contribution < -0.4 is 24.9 Å². The zero-order chi connectivity index (χ0) is 65.9. The number of hydrogen-bond acceptors (Lipinski definition) is 6. The van der Waals surface area contributed by atoms with Gasteiger partial charge in [0.25, 0.3) is 0 Å². The third-order valence-corrected chi connectivity index (χ3v) is 12.9. The van der Waals surface area contributed by atoms with Gasteiger partial charge in [-0.15, -0.1) is 48.8 Å². The first-order valence-electron chi connectivity index (χ1n) is 31.7. The number of rotatable bonds is 4. The maximum atomic E-state index is 5.96. The van der Waals surface area contributed by atoms with Gasteiger partial charge < -0.3 is 10.6 Å². The number of thiophene rings is 1. The second-order valence-electron chi connectivity index (χ2n) is 16.3. The van der Waals surface area contributed by atoms with Crippen LogP contribution in [0.4, 0.5) is 0 Å². The van der Waals surface area contributed by atoms with E-state index in [1.54, 1.807) is 6.33 Å². The minimum atomic E-state index is 0. The minimum absolute atomic E-state index is 0. The van der Waals surface area contributed by atoms with E-state index in [0.717, 1.165) is 28.2 Å². The van der Waals surface area contributed by atoms with Crippen molar-refractivity contribution in [1.29, 1.82) is 0 Å². The zero-order valence-corrected chi connectivity index (χ0v) is 60.0. The Balaban J connectivity index is -0.000000993. The lowest BCUT2D eigenvalue weighted by atomic mass is 10.1. The first kappa shape index (κ1) is 83.1. The molecular formula is C73H116N12OS+4. The Labute approximate surface area is 530 Å². The largest absolute Gasteiger partial charge is 0.456 e. The average Bonchev–Trinajstić information content (AvgIpc) is 2.00. The van der Waals surface area contributed by atoms with Crippen LogP contribution in [0.5, 0.6) is 0 Å². The molecule has 0 bridgehead atoms. The molecule has 0 aliphatic rings. The van der Waals surface area contributed by atoms with Crippen molar-refractivity contribution in [3.63, 3.8) is 0 Å². The van der Waals surface area contributed by atoms with E-state index >= 15 is 0 Å². The van der Waals surface area contributed by atoms with Gasteiger partial charge in [-0.25, -0.2) is 9.97 Å². The summed E-state index contributed by atoms with van der Waals surface area (Å²) in [7, 11) is 8.09. The molecule has 0 unspecified atom stereocenters. The molecule has 4 aromatic carbocycles. The molecule has 12 rings (SSSR count). The van der Waals surface area contributed by atoms with E-state index in [4.69, 9.17) is 4.42 Å². The molecule has 0 amide bonds. The number of hydrogen-bond donors (Lipinski definition) is 1. The maximum absolute atomic E-state index is 5.96. The molecule has 0 saturated heterocycles. The lowest BCUT2D eigenvalue weighted by Gasteiger charge is -2.05. The van der Waals surface area contributed by atoms with Gasteiger partial charge in [-0.1, -0.05) is 175 Å². The van der Waals surface area contributed by atoms with Crippen molar-refractivity contribution < 1.29 is 23.1 Å². The Morgan fingerprint density at radius 2 is 0.782 bits per heavy atom. The predicted octanol–water partition coefficient (Wildman–Crippen LogP) is 19.3. The van der Waals surface area contributed by atoms with Crippen molar-refractivity contribution in [1.82, 2.24) is 39.8 Å². The summed E-state index contributed by atoms with van der Waals surface area (Å²) in [5.41, 5.74) is 11.1. The lowest BCUT2D eigenvalue weighted by molar-refractivity contribution is -0.744. The van der Waals surface area contributed by atoms with Crippen LogP contribution in [0.1, 0.15) is 161 Å². The van der Waals surface area contributed by atoms with E-state index in [2.05, 4.69) is 145 Å². The summed E-state index contributed by atoms with van der Waals surface area (Å²) in [4.78, 5) is 12.2. The lowest BCUT2D eigenvalue weighted by Crippen LogP contribution is -2.37. The van der Waals surface area contributed by atoms with Gasteiger partial charge in [-0.05, 0) is 80.8 Å². The van der Waals surface area contributed by atoms with Gasteiger partial charge in [0.15, 0.2) is 53.0 Å². The highest BCUT2D eigenvalue weighted by molar-refractivity contribution is 7.25. The van der Waals surface area contributed by atoms with Crippen LogP contribution in [0.25, 0.3) is 64.9 Å². The van der Waals surface area contributed by atoms with Gasteiger partial charge in [0, 0.05) is 73.7 Å². The van der Waals surface area contributed by atoms with E-state index in [-0.39, 0.29) is 6.15 Å². The van der Waals surface area contributed by atoms with Gasteiger partial charge in [0.2, 0.25) is 0 Å². The van der Waals surface area contributed by atoms with Crippen molar-refractivity contribution in [2.75, 3.05) is 0 Å². The number of nitrogens with zero attached hydrogens (tertiary/aromatic N) is 11. The Morgan fingerprint density at radius 3 is 1.23 bits per heavy atom. The molecule has 3 N–H and O–H groups in total. The van der Waals surface area contributed by atoms with Crippen LogP contribution >= 0.6 is 11.3 Å². The monoisotopic (exact) mass is 1210 g/mol. The number of fused-ring (bicyclic) bond motifs is 6. The Morgan fingerprint density at radius 1 is 0.368 bits per heavy atom. The molecular weight excluding hydrogens is 1090 g/mol. The molecule has 0 fully saturated rings. The highest BCUT2D eigenvalue weighted by Gasteiger charge is 2.16. The van der Waals surface area contributed by atoms with Gasteiger partial charge >= 0.3 is 0 Å². The highest BCUT2D eigenvalue weighted by Crippen LogP contribution is 2.36. The SMILES string of the molecule is CC.CC.CC.CC.CC.CC.CC.CC.CC.CC.Cc1cc2c(cc1-n1ccc[n+]1C)oc1ccccc12.Cc1cc2c(cc1-n1ccc[n+]1C)sc1ccccc12.Cc1cnccc1-n1ccc[n+]1C.Cc1ncncc1-n1ccc[n+]1C.N. The summed E-state index contributed by atoms with van der Waals surface area (Å²) in [6, 6.07) is 35.8. The fourth-order valence-electron chi connectivity index (χ4n) is 8.25. The van der Waals surface area contributed by atoms with Crippen LogP contribution in [0.3, 0.4) is 0 Å². The number of benzene rings is 4. The molecule has 8 aromatic heterocycles. The highest BCUT2D eigenvalue weighted by atomic mass is 32.1. The number of aryl methyl sites for hydroxylation is 8. The molecule has 0 radical (unpaired) electrons. The fraction of sp³-hybridized carbons (Fsp3) is 0.384. The smallest absolute Gasteiger partial charge is 0.195 e. The Bertz CT molecular complexity index is 3390. The van der Waals surface area contributed by atoms with Gasteiger partial charge in [-0.2, -0.15) is 0 Å². The first-order valence-corrected chi connectivity index (χ1v) is 32.5. The maximum Gasteiger partial charge on any atom is 0.195 e. The van der Waals surface area contributed by atoms with Crippen LogP contribution in [0.2, 0.25) is 0 Å². The molecule has 0 aliphatic carbocycles. The fourth-order valence-corrected chi connectivity index (χ4v) is 9.37. The van der Waals surface area contributed by atoms with Crippen molar-refractivity contribution in [2.45, 2.75) is 166 Å². The first-order chi connectivity index (χ1) is 42.0. The van der Waals surface area contributed by atoms with Crippen molar-refractivity contribution in [3.05, 3.63) is 200 Å². The van der Waals surface area contributed by atoms with E-state index in [0.29, 0.717) is 0 Å². The van der Waals surface area contributed by atoms with Crippen molar-refractivity contribution in [2.24, 2.45) is 28.2 Å². The molecule has 0 saturated carbocycles. The molecule has 8 heterocycles. The van der Waals surface area contributed by atoms with Crippen molar-refractivity contribution in [3.8, 4) is 22.7 Å². The van der Waals surface area contributed by atoms with Crippen LogP contribution in [0.15, 0.2) is 182 Å².